The largest absolute Gasteiger partial charge is 0.361 e. The Hall–Kier alpha value is -1.91. The Morgan fingerprint density at radius 3 is 2.93 bits per heavy atom. The lowest BCUT2D eigenvalue weighted by Crippen LogP contribution is -2.32. The van der Waals surface area contributed by atoms with Crippen LogP contribution in [0.15, 0.2) is 18.5 Å². The van der Waals surface area contributed by atoms with E-state index in [4.69, 9.17) is 0 Å². The van der Waals surface area contributed by atoms with Crippen LogP contribution >= 0.6 is 0 Å². The summed E-state index contributed by atoms with van der Waals surface area (Å²) < 4.78 is 3.78. The van der Waals surface area contributed by atoms with Crippen LogP contribution in [0.2, 0.25) is 0 Å². The second-order valence-corrected chi connectivity index (χ2v) is 3.33. The lowest BCUT2D eigenvalue weighted by molar-refractivity contribution is -0.680. The zero-order chi connectivity index (χ0) is 9.71. The van der Waals surface area contributed by atoms with Gasteiger partial charge in [0.1, 0.15) is 5.65 Å². The van der Waals surface area contributed by atoms with E-state index < -0.39 is 0 Å². The number of aryl methyl sites for hydroxylation is 2. The van der Waals surface area contributed by atoms with Gasteiger partial charge in [0.05, 0.1) is 0 Å². The molecule has 0 aliphatic heterocycles. The van der Waals surface area contributed by atoms with Gasteiger partial charge in [0, 0.05) is 24.9 Å². The minimum Gasteiger partial charge on any atom is -0.361 e. The summed E-state index contributed by atoms with van der Waals surface area (Å²) in [4.78, 5) is 8.42. The van der Waals surface area contributed by atoms with Crippen molar-refractivity contribution in [2.75, 3.05) is 0 Å². The van der Waals surface area contributed by atoms with E-state index in [-0.39, 0.29) is 0 Å². The van der Waals surface area contributed by atoms with Crippen molar-refractivity contribution < 1.29 is 4.63 Å². The maximum Gasteiger partial charge on any atom is 0.213 e. The van der Waals surface area contributed by atoms with E-state index in [0.29, 0.717) is 5.65 Å². The third-order valence-electron chi connectivity index (χ3n) is 2.31. The van der Waals surface area contributed by atoms with Crippen molar-refractivity contribution in [3.05, 3.63) is 29.8 Å². The van der Waals surface area contributed by atoms with Crippen molar-refractivity contribution in [2.24, 2.45) is 0 Å². The number of aromatic nitrogens is 5. The highest BCUT2D eigenvalue weighted by atomic mass is 15.5. The molecule has 0 saturated carbocycles. The second-order valence-electron chi connectivity index (χ2n) is 3.33. The number of rotatable bonds is 0. The van der Waals surface area contributed by atoms with Crippen molar-refractivity contribution in [1.82, 2.24) is 19.6 Å². The molecule has 0 radical (unpaired) electrons. The maximum atomic E-state index is 4.34. The summed E-state index contributed by atoms with van der Waals surface area (Å²) in [6, 6.07) is 2.07. The van der Waals surface area contributed by atoms with Crippen LogP contribution in [0.5, 0.6) is 0 Å². The molecule has 0 bridgehead atoms. The molecule has 0 amide bonds. The van der Waals surface area contributed by atoms with Gasteiger partial charge >= 0.3 is 0 Å². The first-order valence-corrected chi connectivity index (χ1v) is 4.42. The quantitative estimate of drug-likeness (QED) is 0.467. The Bertz CT molecular complexity index is 618. The summed E-state index contributed by atoms with van der Waals surface area (Å²) in [6.07, 6.45) is 3.33. The van der Waals surface area contributed by atoms with E-state index in [0.717, 1.165) is 17.0 Å². The second kappa shape index (κ2) is 2.31. The number of hydrogen-bond donors (Lipinski definition) is 0. The summed E-state index contributed by atoms with van der Waals surface area (Å²) in [5, 5.41) is 4.34. The van der Waals surface area contributed by atoms with Crippen LogP contribution < -0.4 is 9.73 Å². The molecule has 3 rings (SSSR count). The van der Waals surface area contributed by atoms with Gasteiger partial charge in [-0.25, -0.2) is 4.98 Å². The van der Waals surface area contributed by atoms with E-state index in [9.17, 15) is 0 Å². The van der Waals surface area contributed by atoms with Crippen LogP contribution in [0.1, 0.15) is 11.4 Å². The smallest absolute Gasteiger partial charge is 0.213 e. The molecule has 3 aromatic heterocycles. The summed E-state index contributed by atoms with van der Waals surface area (Å²) in [7, 11) is 0. The van der Waals surface area contributed by atoms with Crippen LogP contribution in [0, 0.1) is 13.8 Å². The summed E-state index contributed by atoms with van der Waals surface area (Å²) in [6.45, 7) is 4.04. The van der Waals surface area contributed by atoms with E-state index in [1.807, 2.05) is 23.0 Å². The van der Waals surface area contributed by atoms with Gasteiger partial charge in [0.15, 0.2) is 5.65 Å². The monoisotopic (exact) mass is 187 g/mol. The average Bonchev–Trinajstić information content (AvgIpc) is 2.66. The molecule has 5 nitrogen and oxygen atoms in total. The number of hydrogen-bond acceptors (Lipinski definition) is 2. The minimum absolute atomic E-state index is 0.680. The fourth-order valence-electron chi connectivity index (χ4n) is 1.74. The standard InChI is InChI=1S/C9H9N5/c1-6-5-7(2)14-12-8-9(13(6)14)11-4-3-10-8/h3-5H,1-2H3. The first-order chi connectivity index (χ1) is 6.77. The molecule has 3 heterocycles. The van der Waals surface area contributed by atoms with Crippen LogP contribution in [0.4, 0.5) is 0 Å². The number of nitrogens with zero attached hydrogens (tertiary/aromatic N) is 5. The fraction of sp³-hybridized carbons (Fsp3) is 0.222. The van der Waals surface area contributed by atoms with Gasteiger partial charge in [-0.05, 0) is 13.1 Å². The van der Waals surface area contributed by atoms with Crippen LogP contribution in [-0.2, 0) is 0 Å². The molecule has 0 saturated heterocycles. The molecular weight excluding hydrogens is 178 g/mol. The molecule has 3 aromatic rings. The Kier molecular flexibility index (Phi) is 1.24. The van der Waals surface area contributed by atoms with Gasteiger partial charge in [0.25, 0.3) is 0 Å². The van der Waals surface area contributed by atoms with Crippen molar-refractivity contribution in [1.29, 1.82) is 0 Å². The van der Waals surface area contributed by atoms with Gasteiger partial charge in [-0.2, -0.15) is 4.52 Å². The van der Waals surface area contributed by atoms with Gasteiger partial charge < -0.3 is 4.98 Å². The molecule has 0 atom stereocenters. The van der Waals surface area contributed by atoms with Crippen molar-refractivity contribution in [3.8, 4) is 0 Å². The van der Waals surface area contributed by atoms with Crippen molar-refractivity contribution in [3.63, 3.8) is 0 Å². The molecule has 0 aliphatic rings. The summed E-state index contributed by atoms with van der Waals surface area (Å²) in [5.41, 5.74) is 3.69. The molecule has 0 unspecified atom stereocenters. The molecule has 70 valence electrons. The first kappa shape index (κ1) is 7.49. The Balaban J connectivity index is 2.65. The lowest BCUT2D eigenvalue weighted by atomic mass is 10.4. The molecule has 0 aromatic carbocycles. The lowest BCUT2D eigenvalue weighted by Gasteiger charge is -1.90. The summed E-state index contributed by atoms with van der Waals surface area (Å²) >= 11 is 0. The van der Waals surface area contributed by atoms with Crippen molar-refractivity contribution >= 4 is 11.3 Å². The zero-order valence-electron chi connectivity index (χ0n) is 7.97. The van der Waals surface area contributed by atoms with Crippen molar-refractivity contribution in [2.45, 2.75) is 13.8 Å². The van der Waals surface area contributed by atoms with Gasteiger partial charge in [0.2, 0.25) is 5.69 Å². The highest BCUT2D eigenvalue weighted by molar-refractivity contribution is 5.62. The SMILES string of the molecule is Cc1cc(C)[n+]2[n-]c3nccnc3n12. The van der Waals surface area contributed by atoms with Crippen LogP contribution in [-0.4, -0.2) is 14.5 Å². The molecule has 0 aliphatic carbocycles. The molecule has 0 N–H and O–H groups in total. The van der Waals surface area contributed by atoms with Gasteiger partial charge in [-0.1, -0.05) is 4.63 Å². The van der Waals surface area contributed by atoms with E-state index in [1.54, 1.807) is 12.4 Å². The van der Waals surface area contributed by atoms with Gasteiger partial charge in [-0.3, -0.25) is 0 Å². The Morgan fingerprint density at radius 1 is 1.29 bits per heavy atom. The summed E-state index contributed by atoms with van der Waals surface area (Å²) in [5.74, 6) is 0. The molecule has 0 fully saturated rings. The average molecular weight is 187 g/mol. The third-order valence-corrected chi connectivity index (χ3v) is 2.31. The first-order valence-electron chi connectivity index (χ1n) is 4.42. The molecular formula is C9H9N5. The van der Waals surface area contributed by atoms with Gasteiger partial charge in [-0.15, -0.1) is 5.10 Å². The number of fused-ring (bicyclic) bond motifs is 3. The van der Waals surface area contributed by atoms with E-state index in [2.05, 4.69) is 21.1 Å². The zero-order valence-corrected chi connectivity index (χ0v) is 7.97. The third kappa shape index (κ3) is 0.761. The molecule has 5 heteroatoms. The minimum atomic E-state index is 0.680. The predicted octanol–water partition coefficient (Wildman–Crippen LogP) is 0.0420. The Labute approximate surface area is 80.0 Å². The van der Waals surface area contributed by atoms with E-state index >= 15 is 0 Å². The highest BCUT2D eigenvalue weighted by Crippen LogP contribution is 2.05. The predicted molar refractivity (Wildman–Crippen MR) is 48.9 cm³/mol. The normalized spacial score (nSPS) is 11.6. The molecule has 14 heavy (non-hydrogen) atoms. The maximum absolute atomic E-state index is 4.34. The van der Waals surface area contributed by atoms with E-state index in [1.165, 1.54) is 0 Å². The fourth-order valence-corrected chi connectivity index (χ4v) is 1.74. The Morgan fingerprint density at radius 2 is 2.07 bits per heavy atom. The molecule has 0 spiro atoms. The highest BCUT2D eigenvalue weighted by Gasteiger charge is 2.12. The van der Waals surface area contributed by atoms with Crippen LogP contribution in [0.3, 0.4) is 0 Å². The topological polar surface area (TPSA) is 48.4 Å². The van der Waals surface area contributed by atoms with Crippen LogP contribution in [0.25, 0.3) is 11.3 Å².